The smallest absolute Gasteiger partial charge is 0.246 e. The van der Waals surface area contributed by atoms with Crippen molar-refractivity contribution >= 4 is 5.91 Å². The van der Waals surface area contributed by atoms with E-state index >= 15 is 0 Å². The van der Waals surface area contributed by atoms with Crippen molar-refractivity contribution in [2.24, 2.45) is 5.92 Å². The summed E-state index contributed by atoms with van der Waals surface area (Å²) in [7, 11) is 0. The van der Waals surface area contributed by atoms with Crippen LogP contribution >= 0.6 is 0 Å². The molecule has 1 N–H and O–H groups in total. The Labute approximate surface area is 111 Å². The Hall–Kier alpha value is -1.49. The third-order valence-electron chi connectivity index (χ3n) is 3.09. The molecule has 1 aliphatic carbocycles. The van der Waals surface area contributed by atoms with Gasteiger partial charge >= 0.3 is 0 Å². The van der Waals surface area contributed by atoms with E-state index in [2.05, 4.69) is 5.32 Å². The van der Waals surface area contributed by atoms with Gasteiger partial charge in [0, 0.05) is 11.6 Å². The lowest BCUT2D eigenvalue weighted by atomic mass is 10.1. The maximum atomic E-state index is 13.5. The van der Waals surface area contributed by atoms with Crippen LogP contribution < -0.4 is 5.32 Å². The first-order valence-corrected chi connectivity index (χ1v) is 6.38. The Morgan fingerprint density at radius 1 is 1.47 bits per heavy atom. The highest BCUT2D eigenvalue weighted by atomic mass is 19.1. The first-order chi connectivity index (χ1) is 9.06. The average Bonchev–Trinajstić information content (AvgIpc) is 3.12. The minimum atomic E-state index is -0.660. The van der Waals surface area contributed by atoms with Crippen LogP contribution in [0.25, 0.3) is 0 Å². The van der Waals surface area contributed by atoms with Crippen LogP contribution in [0, 0.1) is 17.6 Å². The summed E-state index contributed by atoms with van der Waals surface area (Å²) in [4.78, 5) is 11.6. The van der Waals surface area contributed by atoms with Gasteiger partial charge in [0.15, 0.2) is 0 Å². The van der Waals surface area contributed by atoms with Gasteiger partial charge in [-0.2, -0.15) is 0 Å². The van der Waals surface area contributed by atoms with Crippen molar-refractivity contribution in [2.45, 2.75) is 25.8 Å². The third-order valence-corrected chi connectivity index (χ3v) is 3.09. The van der Waals surface area contributed by atoms with Crippen molar-refractivity contribution in [3.8, 4) is 0 Å². The van der Waals surface area contributed by atoms with Gasteiger partial charge in [-0.25, -0.2) is 8.78 Å². The zero-order chi connectivity index (χ0) is 13.8. The Morgan fingerprint density at radius 3 is 2.84 bits per heavy atom. The third kappa shape index (κ3) is 4.28. The van der Waals surface area contributed by atoms with Crippen molar-refractivity contribution < 1.29 is 18.3 Å². The molecule has 0 heterocycles. The second-order valence-electron chi connectivity index (χ2n) is 4.91. The molecule has 0 aromatic heterocycles. The maximum absolute atomic E-state index is 13.5. The number of halogens is 2. The summed E-state index contributed by atoms with van der Waals surface area (Å²) in [5.74, 6) is -0.990. The Balaban J connectivity index is 1.81. The quantitative estimate of drug-likeness (QED) is 0.862. The largest absolute Gasteiger partial charge is 0.371 e. The predicted molar refractivity (Wildman–Crippen MR) is 66.5 cm³/mol. The number of carbonyl (C=O) groups is 1. The maximum Gasteiger partial charge on any atom is 0.246 e. The van der Waals surface area contributed by atoms with Gasteiger partial charge in [0.25, 0.3) is 0 Å². The number of amides is 1. The molecule has 0 spiro atoms. The Bertz CT molecular complexity index is 461. The van der Waals surface area contributed by atoms with Gasteiger partial charge < -0.3 is 10.1 Å². The highest BCUT2D eigenvalue weighted by molar-refractivity contribution is 5.77. The van der Waals surface area contributed by atoms with Gasteiger partial charge in [0.1, 0.15) is 18.2 Å². The predicted octanol–water partition coefficient (Wildman–Crippen LogP) is 2.57. The molecule has 2 rings (SSSR count). The lowest BCUT2D eigenvalue weighted by Crippen LogP contribution is -2.30. The molecular formula is C14H17F2NO2. The summed E-state index contributed by atoms with van der Waals surface area (Å²) in [5, 5.41) is 2.62. The highest BCUT2D eigenvalue weighted by Gasteiger charge is 2.22. The zero-order valence-corrected chi connectivity index (χ0v) is 10.8. The normalized spacial score (nSPS) is 16.2. The van der Waals surface area contributed by atoms with Crippen molar-refractivity contribution in [3.05, 3.63) is 35.4 Å². The van der Waals surface area contributed by atoms with Crippen molar-refractivity contribution in [1.82, 2.24) is 5.32 Å². The molecule has 5 heteroatoms. The molecule has 0 bridgehead atoms. The van der Waals surface area contributed by atoms with Crippen LogP contribution in [-0.4, -0.2) is 19.1 Å². The minimum Gasteiger partial charge on any atom is -0.371 e. The van der Waals surface area contributed by atoms with Crippen molar-refractivity contribution in [2.75, 3.05) is 13.2 Å². The lowest BCUT2D eigenvalue weighted by Gasteiger charge is -2.15. The van der Waals surface area contributed by atoms with Crippen LogP contribution in [0.3, 0.4) is 0 Å². The van der Waals surface area contributed by atoms with E-state index in [4.69, 9.17) is 4.74 Å². The van der Waals surface area contributed by atoms with Crippen molar-refractivity contribution in [3.63, 3.8) is 0 Å². The van der Waals surface area contributed by atoms with Crippen LogP contribution in [0.5, 0.6) is 0 Å². The number of rotatable bonds is 6. The molecule has 1 saturated carbocycles. The van der Waals surface area contributed by atoms with Gasteiger partial charge in [-0.05, 0) is 31.7 Å². The summed E-state index contributed by atoms with van der Waals surface area (Å²) < 4.78 is 31.5. The minimum absolute atomic E-state index is 0.0242. The zero-order valence-electron chi connectivity index (χ0n) is 10.8. The van der Waals surface area contributed by atoms with E-state index in [0.29, 0.717) is 12.5 Å². The molecule has 1 unspecified atom stereocenters. The van der Waals surface area contributed by atoms with Crippen LogP contribution in [0.1, 0.15) is 31.4 Å². The molecule has 1 aromatic rings. The average molecular weight is 269 g/mol. The molecule has 1 fully saturated rings. The van der Waals surface area contributed by atoms with E-state index in [1.807, 2.05) is 0 Å². The fraction of sp³-hybridized carbons (Fsp3) is 0.500. The molecule has 1 amide bonds. The van der Waals surface area contributed by atoms with Gasteiger partial charge in [0.05, 0.1) is 12.6 Å². The number of carbonyl (C=O) groups excluding carboxylic acids is 1. The molecular weight excluding hydrogens is 252 g/mol. The van der Waals surface area contributed by atoms with Gasteiger partial charge in [-0.3, -0.25) is 4.79 Å². The standard InChI is InChI=1S/C14H17F2NO2/c1-9(12-5-4-11(15)6-13(12)16)17-14(18)8-19-7-10-2-3-10/h4-6,9-10H,2-3,7-8H2,1H3,(H,17,18). The second kappa shape index (κ2) is 6.10. The monoisotopic (exact) mass is 269 g/mol. The van der Waals surface area contributed by atoms with E-state index in [9.17, 15) is 13.6 Å². The molecule has 3 nitrogen and oxygen atoms in total. The van der Waals surface area contributed by atoms with Crippen LogP contribution in [0.2, 0.25) is 0 Å². The lowest BCUT2D eigenvalue weighted by molar-refractivity contribution is -0.126. The fourth-order valence-electron chi connectivity index (χ4n) is 1.82. The molecule has 0 aliphatic heterocycles. The number of hydrogen-bond donors (Lipinski definition) is 1. The second-order valence-corrected chi connectivity index (χ2v) is 4.91. The summed E-state index contributed by atoms with van der Waals surface area (Å²) in [6.45, 7) is 2.23. The van der Waals surface area contributed by atoms with Gasteiger partial charge in [-0.1, -0.05) is 6.07 Å². The summed E-state index contributed by atoms with van der Waals surface area (Å²) in [6.07, 6.45) is 2.33. The number of benzene rings is 1. The number of ether oxygens (including phenoxy) is 1. The van der Waals surface area contributed by atoms with E-state index in [-0.39, 0.29) is 18.1 Å². The topological polar surface area (TPSA) is 38.3 Å². The van der Waals surface area contributed by atoms with E-state index in [0.717, 1.165) is 6.07 Å². The van der Waals surface area contributed by atoms with Crippen LogP contribution in [0.15, 0.2) is 18.2 Å². The number of nitrogens with one attached hydrogen (secondary N) is 1. The van der Waals surface area contributed by atoms with E-state index in [1.165, 1.54) is 25.0 Å². The first-order valence-electron chi connectivity index (χ1n) is 6.38. The molecule has 104 valence electrons. The van der Waals surface area contributed by atoms with Gasteiger partial charge in [0.2, 0.25) is 5.91 Å². The molecule has 1 atom stereocenters. The highest BCUT2D eigenvalue weighted by Crippen LogP contribution is 2.28. The Kier molecular flexibility index (Phi) is 4.47. The molecule has 0 radical (unpaired) electrons. The summed E-state index contributed by atoms with van der Waals surface area (Å²) in [6, 6.07) is 2.80. The summed E-state index contributed by atoms with van der Waals surface area (Å²) >= 11 is 0. The fourth-order valence-corrected chi connectivity index (χ4v) is 1.82. The van der Waals surface area contributed by atoms with E-state index in [1.54, 1.807) is 6.92 Å². The molecule has 0 saturated heterocycles. The SMILES string of the molecule is CC(NC(=O)COCC1CC1)c1ccc(F)cc1F. The van der Waals surface area contributed by atoms with E-state index < -0.39 is 17.7 Å². The van der Waals surface area contributed by atoms with Gasteiger partial charge in [-0.15, -0.1) is 0 Å². The molecule has 1 aliphatic rings. The van der Waals surface area contributed by atoms with Crippen molar-refractivity contribution in [1.29, 1.82) is 0 Å². The number of hydrogen-bond acceptors (Lipinski definition) is 2. The van der Waals surface area contributed by atoms with Crippen LogP contribution in [-0.2, 0) is 9.53 Å². The first kappa shape index (κ1) is 13.9. The Morgan fingerprint density at radius 2 is 2.21 bits per heavy atom. The molecule has 19 heavy (non-hydrogen) atoms. The summed E-state index contributed by atoms with van der Waals surface area (Å²) in [5.41, 5.74) is 0.261. The van der Waals surface area contributed by atoms with Crippen LogP contribution in [0.4, 0.5) is 8.78 Å². The molecule has 1 aromatic carbocycles.